The number of fused-ring (bicyclic) bond motifs is 3. The van der Waals surface area contributed by atoms with Crippen molar-refractivity contribution in [2.75, 3.05) is 32.9 Å². The summed E-state index contributed by atoms with van der Waals surface area (Å²) < 4.78 is 23.8. The lowest BCUT2D eigenvalue weighted by atomic mass is 9.98. The number of amides is 1. The van der Waals surface area contributed by atoms with Crippen molar-refractivity contribution in [1.29, 1.82) is 0 Å². The van der Waals surface area contributed by atoms with Gasteiger partial charge in [-0.25, -0.2) is 4.79 Å². The number of aliphatic hydroxyl groups is 1. The molecule has 1 aliphatic heterocycles. The fourth-order valence-electron chi connectivity index (χ4n) is 4.84. The molecule has 0 spiro atoms. The third-order valence-electron chi connectivity index (χ3n) is 7.96. The summed E-state index contributed by atoms with van der Waals surface area (Å²) in [6.45, 7) is 15.6. The van der Waals surface area contributed by atoms with E-state index >= 15 is 0 Å². The Morgan fingerprint density at radius 3 is 2.21 bits per heavy atom. The van der Waals surface area contributed by atoms with Crippen LogP contribution in [0, 0.1) is 0 Å². The predicted octanol–water partition coefficient (Wildman–Crippen LogP) is 5.77. The highest BCUT2D eigenvalue weighted by molar-refractivity contribution is 6.74. The fourth-order valence-corrected chi connectivity index (χ4v) is 5.88. The van der Waals surface area contributed by atoms with E-state index in [2.05, 4.69) is 58.1 Å². The molecule has 1 heterocycles. The molecule has 4 rings (SSSR count). The molecule has 1 amide bonds. The SMILES string of the molecule is CC1(C)OC[C@H](CN(CC(O)CO[Si](C)(C)C(C)(C)C)C(=O)OCC2c3ccccc3-c3ccccc32)O1. The first kappa shape index (κ1) is 28.8. The molecule has 1 aliphatic carbocycles. The van der Waals surface area contributed by atoms with Crippen LogP contribution in [-0.4, -0.2) is 75.3 Å². The summed E-state index contributed by atoms with van der Waals surface area (Å²) in [6.07, 6.45) is -1.63. The molecule has 1 unspecified atom stereocenters. The van der Waals surface area contributed by atoms with Gasteiger partial charge >= 0.3 is 6.09 Å². The Bertz CT molecular complexity index is 1080. The van der Waals surface area contributed by atoms with Gasteiger partial charge in [0.1, 0.15) is 12.7 Å². The maximum Gasteiger partial charge on any atom is 0.409 e. The summed E-state index contributed by atoms with van der Waals surface area (Å²) in [7, 11) is -2.04. The van der Waals surface area contributed by atoms with Crippen molar-refractivity contribution >= 4 is 14.4 Å². The number of carbonyl (C=O) groups excluding carboxylic acids is 1. The number of hydrogen-bond acceptors (Lipinski definition) is 6. The molecule has 1 fully saturated rings. The Hall–Kier alpha value is -2.23. The van der Waals surface area contributed by atoms with Gasteiger partial charge in [-0.2, -0.15) is 0 Å². The van der Waals surface area contributed by atoms with Crippen LogP contribution in [0.15, 0.2) is 48.5 Å². The highest BCUT2D eigenvalue weighted by Crippen LogP contribution is 2.44. The topological polar surface area (TPSA) is 77.5 Å². The second-order valence-electron chi connectivity index (χ2n) is 12.4. The van der Waals surface area contributed by atoms with Crippen LogP contribution in [0.3, 0.4) is 0 Å². The third kappa shape index (κ3) is 6.49. The summed E-state index contributed by atoms with van der Waals surface area (Å²) in [6, 6.07) is 16.5. The van der Waals surface area contributed by atoms with Crippen LogP contribution in [0.4, 0.5) is 4.79 Å². The van der Waals surface area contributed by atoms with Gasteiger partial charge in [-0.3, -0.25) is 0 Å². The van der Waals surface area contributed by atoms with Gasteiger partial charge < -0.3 is 28.6 Å². The van der Waals surface area contributed by atoms with E-state index in [1.807, 2.05) is 38.1 Å². The van der Waals surface area contributed by atoms with Crippen LogP contribution < -0.4 is 0 Å². The number of carbonyl (C=O) groups is 1. The van der Waals surface area contributed by atoms with Gasteiger partial charge in [-0.05, 0) is 54.2 Å². The van der Waals surface area contributed by atoms with Gasteiger partial charge in [-0.15, -0.1) is 0 Å². The Kier molecular flexibility index (Phi) is 8.40. The van der Waals surface area contributed by atoms with Gasteiger partial charge in [-0.1, -0.05) is 69.3 Å². The molecule has 0 bridgehead atoms. The van der Waals surface area contributed by atoms with Crippen molar-refractivity contribution in [3.63, 3.8) is 0 Å². The van der Waals surface area contributed by atoms with Crippen molar-refractivity contribution < 1.29 is 28.5 Å². The van der Waals surface area contributed by atoms with E-state index in [0.29, 0.717) is 6.61 Å². The highest BCUT2D eigenvalue weighted by atomic mass is 28.4. The molecule has 1 saturated heterocycles. The zero-order valence-electron chi connectivity index (χ0n) is 23.8. The van der Waals surface area contributed by atoms with Crippen LogP contribution in [0.2, 0.25) is 18.1 Å². The molecule has 0 radical (unpaired) electrons. The van der Waals surface area contributed by atoms with E-state index in [1.165, 1.54) is 16.0 Å². The summed E-state index contributed by atoms with van der Waals surface area (Å²) in [5.41, 5.74) is 4.67. The molecule has 0 aromatic heterocycles. The second-order valence-corrected chi connectivity index (χ2v) is 17.2. The molecule has 7 nitrogen and oxygen atoms in total. The maximum atomic E-state index is 13.4. The Morgan fingerprint density at radius 1 is 1.11 bits per heavy atom. The van der Waals surface area contributed by atoms with E-state index in [-0.39, 0.29) is 43.4 Å². The Labute approximate surface area is 228 Å². The molecule has 2 atom stereocenters. The lowest BCUT2D eigenvalue weighted by Crippen LogP contribution is -2.47. The van der Waals surface area contributed by atoms with Gasteiger partial charge in [0.2, 0.25) is 0 Å². The van der Waals surface area contributed by atoms with E-state index in [4.69, 9.17) is 18.6 Å². The largest absolute Gasteiger partial charge is 0.448 e. The Balaban J connectivity index is 1.44. The first-order valence-corrected chi connectivity index (χ1v) is 16.4. The van der Waals surface area contributed by atoms with Gasteiger partial charge in [0.05, 0.1) is 32.4 Å². The molecule has 2 aliphatic rings. The molecule has 1 N–H and O–H groups in total. The molecule has 2 aromatic carbocycles. The molecular formula is C30H43NO6Si. The standard InChI is InChI=1S/C30H43NO6Si/c1-29(2,3)38(6,7)36-18-21(32)16-31(17-22-19-35-30(4,5)37-22)28(33)34-20-27-25-14-10-8-12-23(25)24-13-9-11-15-26(24)27/h8-15,21-22,27,32H,16-20H2,1-7H3/t21?,22-/m0/s1. The third-order valence-corrected chi connectivity index (χ3v) is 12.5. The van der Waals surface area contributed by atoms with Gasteiger partial charge in [0.25, 0.3) is 0 Å². The smallest absolute Gasteiger partial charge is 0.409 e. The predicted molar refractivity (Wildman–Crippen MR) is 151 cm³/mol. The van der Waals surface area contributed by atoms with Crippen molar-refractivity contribution in [3.05, 3.63) is 59.7 Å². The van der Waals surface area contributed by atoms with Crippen LogP contribution in [0.25, 0.3) is 11.1 Å². The van der Waals surface area contributed by atoms with Crippen LogP contribution in [-0.2, 0) is 18.6 Å². The highest BCUT2D eigenvalue weighted by Gasteiger charge is 2.39. The number of rotatable bonds is 9. The van der Waals surface area contributed by atoms with Gasteiger partial charge in [0.15, 0.2) is 14.1 Å². The minimum Gasteiger partial charge on any atom is -0.448 e. The average molecular weight is 542 g/mol. The van der Waals surface area contributed by atoms with Crippen molar-refractivity contribution in [3.8, 4) is 11.1 Å². The van der Waals surface area contributed by atoms with Crippen LogP contribution >= 0.6 is 0 Å². The summed E-state index contributed by atoms with van der Waals surface area (Å²) in [5.74, 6) is -0.744. The monoisotopic (exact) mass is 541 g/mol. The molecule has 2 aromatic rings. The minimum atomic E-state index is -2.04. The maximum absolute atomic E-state index is 13.4. The van der Waals surface area contributed by atoms with Gasteiger partial charge in [0, 0.05) is 5.92 Å². The molecule has 38 heavy (non-hydrogen) atoms. The number of aliphatic hydroxyl groups excluding tert-OH is 1. The lowest BCUT2D eigenvalue weighted by Gasteiger charge is -2.37. The summed E-state index contributed by atoms with van der Waals surface area (Å²) >= 11 is 0. The molecule has 208 valence electrons. The summed E-state index contributed by atoms with van der Waals surface area (Å²) in [4.78, 5) is 15.0. The zero-order valence-corrected chi connectivity index (χ0v) is 24.8. The molecule has 0 saturated carbocycles. The average Bonchev–Trinajstić information content (AvgIpc) is 3.36. The second kappa shape index (κ2) is 11.1. The number of ether oxygens (including phenoxy) is 3. The van der Waals surface area contributed by atoms with Crippen LogP contribution in [0.1, 0.15) is 51.7 Å². The molecular weight excluding hydrogens is 498 g/mol. The van der Waals surface area contributed by atoms with Crippen molar-refractivity contribution in [1.82, 2.24) is 4.90 Å². The number of hydrogen-bond donors (Lipinski definition) is 1. The van der Waals surface area contributed by atoms with E-state index < -0.39 is 26.3 Å². The molecule has 8 heteroatoms. The fraction of sp³-hybridized carbons (Fsp3) is 0.567. The van der Waals surface area contributed by atoms with E-state index in [1.54, 1.807) is 0 Å². The minimum absolute atomic E-state index is 0.0276. The zero-order chi connectivity index (χ0) is 27.7. The normalized spacial score (nSPS) is 19.6. The Morgan fingerprint density at radius 2 is 1.68 bits per heavy atom. The number of nitrogens with zero attached hydrogens (tertiary/aromatic N) is 1. The van der Waals surface area contributed by atoms with E-state index in [9.17, 15) is 9.90 Å². The van der Waals surface area contributed by atoms with E-state index in [0.717, 1.165) is 11.1 Å². The van der Waals surface area contributed by atoms with Crippen molar-refractivity contribution in [2.24, 2.45) is 0 Å². The first-order valence-electron chi connectivity index (χ1n) is 13.5. The number of benzene rings is 2. The summed E-state index contributed by atoms with van der Waals surface area (Å²) in [5, 5.41) is 10.9. The van der Waals surface area contributed by atoms with Crippen molar-refractivity contribution in [2.45, 2.75) is 76.7 Å². The first-order chi connectivity index (χ1) is 17.8. The quantitative estimate of drug-likeness (QED) is 0.406. The van der Waals surface area contributed by atoms with Crippen LogP contribution in [0.5, 0.6) is 0 Å². The lowest BCUT2D eigenvalue weighted by molar-refractivity contribution is -0.140.